The molecule has 1 fully saturated rings. The first-order chi connectivity index (χ1) is 14.3. The average molecular weight is 409 g/mol. The predicted octanol–water partition coefficient (Wildman–Crippen LogP) is 6.02. The Morgan fingerprint density at radius 2 is 1.43 bits per heavy atom. The Morgan fingerprint density at radius 3 is 1.83 bits per heavy atom. The smallest absolute Gasteiger partial charge is 0.407 e. The number of benzene rings is 2. The van der Waals surface area contributed by atoms with E-state index >= 15 is 0 Å². The van der Waals surface area contributed by atoms with Crippen LogP contribution in [0.4, 0.5) is 4.79 Å². The van der Waals surface area contributed by atoms with E-state index in [9.17, 15) is 9.90 Å². The van der Waals surface area contributed by atoms with Crippen molar-refractivity contribution in [1.29, 1.82) is 0 Å². The van der Waals surface area contributed by atoms with Gasteiger partial charge in [0, 0.05) is 30.7 Å². The molecule has 1 N–H and O–H groups in total. The summed E-state index contributed by atoms with van der Waals surface area (Å²) in [7, 11) is 0. The summed E-state index contributed by atoms with van der Waals surface area (Å²) in [6.45, 7) is 10.0. The molecule has 0 bridgehead atoms. The molecule has 0 aromatic heterocycles. The molecule has 0 unspecified atom stereocenters. The van der Waals surface area contributed by atoms with Gasteiger partial charge in [0.05, 0.1) is 0 Å². The van der Waals surface area contributed by atoms with Crippen molar-refractivity contribution in [3.63, 3.8) is 0 Å². The van der Waals surface area contributed by atoms with Gasteiger partial charge in [-0.1, -0.05) is 67.6 Å². The molecule has 1 saturated carbocycles. The van der Waals surface area contributed by atoms with Crippen LogP contribution < -0.4 is 0 Å². The van der Waals surface area contributed by atoms with Crippen molar-refractivity contribution in [1.82, 2.24) is 9.80 Å². The molecule has 3 atom stereocenters. The van der Waals surface area contributed by atoms with E-state index in [1.807, 2.05) is 20.8 Å². The van der Waals surface area contributed by atoms with E-state index in [0.29, 0.717) is 12.0 Å². The highest BCUT2D eigenvalue weighted by Crippen LogP contribution is 2.35. The standard InChI is InChI=1S/C26H36N2O2/c1-20-17-23(15-16-24(20)28(25(29)30)26(2,3)4)27(18-21-11-7-5-8-12-21)19-22-13-9-6-10-14-22/h5-14,20,23-24H,15-19H2,1-4H3,(H,29,30)/t20-,23-,24-/m1/s1. The summed E-state index contributed by atoms with van der Waals surface area (Å²) in [4.78, 5) is 16.3. The SMILES string of the molecule is C[C@@H]1C[C@H](N(Cc2ccccc2)Cc2ccccc2)CC[C@H]1N(C(=O)O)C(C)(C)C. The summed E-state index contributed by atoms with van der Waals surface area (Å²) in [6.07, 6.45) is 2.15. The van der Waals surface area contributed by atoms with Gasteiger partial charge in [-0.3, -0.25) is 4.90 Å². The van der Waals surface area contributed by atoms with Crippen molar-refractivity contribution < 1.29 is 9.90 Å². The Kier molecular flexibility index (Phi) is 7.19. The number of rotatable bonds is 6. The summed E-state index contributed by atoms with van der Waals surface area (Å²) in [5.41, 5.74) is 2.26. The van der Waals surface area contributed by atoms with Crippen molar-refractivity contribution >= 4 is 6.09 Å². The lowest BCUT2D eigenvalue weighted by Gasteiger charge is -2.47. The maximum atomic E-state index is 12.0. The molecule has 0 saturated heterocycles. The van der Waals surface area contributed by atoms with E-state index < -0.39 is 6.09 Å². The van der Waals surface area contributed by atoms with Gasteiger partial charge in [0.2, 0.25) is 0 Å². The topological polar surface area (TPSA) is 43.8 Å². The molecule has 3 rings (SSSR count). The second kappa shape index (κ2) is 9.65. The molecule has 0 radical (unpaired) electrons. The van der Waals surface area contributed by atoms with Crippen molar-refractivity contribution in [2.75, 3.05) is 0 Å². The van der Waals surface area contributed by atoms with Crippen LogP contribution in [0.3, 0.4) is 0 Å². The van der Waals surface area contributed by atoms with Crippen molar-refractivity contribution in [3.05, 3.63) is 71.8 Å². The highest BCUT2D eigenvalue weighted by molar-refractivity contribution is 5.66. The van der Waals surface area contributed by atoms with Crippen LogP contribution in [-0.2, 0) is 13.1 Å². The van der Waals surface area contributed by atoms with Gasteiger partial charge in [0.25, 0.3) is 0 Å². The predicted molar refractivity (Wildman–Crippen MR) is 122 cm³/mol. The van der Waals surface area contributed by atoms with E-state index in [1.54, 1.807) is 4.90 Å². The van der Waals surface area contributed by atoms with Crippen molar-refractivity contribution in [2.45, 2.75) is 77.7 Å². The molecule has 0 heterocycles. The van der Waals surface area contributed by atoms with Gasteiger partial charge >= 0.3 is 6.09 Å². The molecule has 2 aromatic carbocycles. The highest BCUT2D eigenvalue weighted by Gasteiger charge is 2.40. The van der Waals surface area contributed by atoms with Crippen LogP contribution >= 0.6 is 0 Å². The molecule has 0 spiro atoms. The van der Waals surface area contributed by atoms with Crippen LogP contribution in [0.25, 0.3) is 0 Å². The largest absolute Gasteiger partial charge is 0.465 e. The van der Waals surface area contributed by atoms with Gasteiger partial charge < -0.3 is 10.0 Å². The minimum atomic E-state index is -0.803. The van der Waals surface area contributed by atoms with Crippen LogP contribution in [0.1, 0.15) is 58.1 Å². The number of hydrogen-bond acceptors (Lipinski definition) is 2. The summed E-state index contributed by atoms with van der Waals surface area (Å²) >= 11 is 0. The molecular weight excluding hydrogens is 372 g/mol. The molecule has 1 aliphatic rings. The van der Waals surface area contributed by atoms with Gasteiger partial charge in [0.1, 0.15) is 0 Å². The molecule has 1 amide bonds. The van der Waals surface area contributed by atoms with Crippen molar-refractivity contribution in [2.24, 2.45) is 5.92 Å². The van der Waals surface area contributed by atoms with E-state index in [0.717, 1.165) is 32.4 Å². The zero-order valence-corrected chi connectivity index (χ0v) is 18.8. The lowest BCUT2D eigenvalue weighted by Crippen LogP contribution is -2.56. The molecule has 4 heteroatoms. The van der Waals surface area contributed by atoms with Crippen molar-refractivity contribution in [3.8, 4) is 0 Å². The second-order valence-corrected chi connectivity index (χ2v) is 9.71. The third-order valence-electron chi connectivity index (χ3n) is 6.33. The van der Waals surface area contributed by atoms with Gasteiger partial charge in [-0.25, -0.2) is 4.79 Å². The van der Waals surface area contributed by atoms with Gasteiger partial charge in [-0.15, -0.1) is 0 Å². The molecule has 0 aliphatic heterocycles. The lowest BCUT2D eigenvalue weighted by molar-refractivity contribution is 0.0125. The second-order valence-electron chi connectivity index (χ2n) is 9.71. The summed E-state index contributed by atoms with van der Waals surface area (Å²) in [5.74, 6) is 0.327. The zero-order chi connectivity index (χ0) is 21.7. The van der Waals surface area contributed by atoms with Crippen LogP contribution in [0.5, 0.6) is 0 Å². The minimum Gasteiger partial charge on any atom is -0.465 e. The average Bonchev–Trinajstić information content (AvgIpc) is 2.69. The highest BCUT2D eigenvalue weighted by atomic mass is 16.4. The van der Waals surface area contributed by atoms with E-state index in [4.69, 9.17) is 0 Å². The Hall–Kier alpha value is -2.33. The van der Waals surface area contributed by atoms with Crippen LogP contribution in [-0.4, -0.2) is 38.6 Å². The van der Waals surface area contributed by atoms with E-state index in [2.05, 4.69) is 72.5 Å². The Morgan fingerprint density at radius 1 is 0.933 bits per heavy atom. The summed E-state index contributed by atoms with van der Waals surface area (Å²) in [6, 6.07) is 21.8. The first-order valence-corrected chi connectivity index (χ1v) is 11.1. The maximum absolute atomic E-state index is 12.0. The van der Waals surface area contributed by atoms with E-state index in [-0.39, 0.29) is 11.6 Å². The minimum absolute atomic E-state index is 0.0778. The first kappa shape index (κ1) is 22.4. The fraction of sp³-hybridized carbons (Fsp3) is 0.500. The monoisotopic (exact) mass is 408 g/mol. The summed E-state index contributed by atoms with van der Waals surface area (Å²) in [5, 5.41) is 9.86. The molecule has 2 aromatic rings. The quantitative estimate of drug-likeness (QED) is 0.635. The number of hydrogen-bond donors (Lipinski definition) is 1. The van der Waals surface area contributed by atoms with Gasteiger partial charge in [0.15, 0.2) is 0 Å². The first-order valence-electron chi connectivity index (χ1n) is 11.1. The normalized spacial score (nSPS) is 22.1. The third kappa shape index (κ3) is 5.63. The number of amides is 1. The molecule has 162 valence electrons. The maximum Gasteiger partial charge on any atom is 0.407 e. The number of carboxylic acid groups (broad SMARTS) is 1. The number of carbonyl (C=O) groups is 1. The van der Waals surface area contributed by atoms with Crippen LogP contribution in [0.15, 0.2) is 60.7 Å². The van der Waals surface area contributed by atoms with Crippen LogP contribution in [0.2, 0.25) is 0 Å². The lowest BCUT2D eigenvalue weighted by atomic mass is 9.79. The molecule has 1 aliphatic carbocycles. The van der Waals surface area contributed by atoms with E-state index in [1.165, 1.54) is 11.1 Å². The molecular formula is C26H36N2O2. The van der Waals surface area contributed by atoms with Crippen LogP contribution in [0, 0.1) is 5.92 Å². The fourth-order valence-electron chi connectivity index (χ4n) is 4.94. The van der Waals surface area contributed by atoms with Gasteiger partial charge in [-0.2, -0.15) is 0 Å². The van der Waals surface area contributed by atoms with Gasteiger partial charge in [-0.05, 0) is 57.1 Å². The summed E-state index contributed by atoms with van der Waals surface area (Å²) < 4.78 is 0. The molecule has 4 nitrogen and oxygen atoms in total. The Bertz CT molecular complexity index is 759. The fourth-order valence-corrected chi connectivity index (χ4v) is 4.94. The third-order valence-corrected chi connectivity index (χ3v) is 6.33. The molecule has 30 heavy (non-hydrogen) atoms. The Labute approximate surface area is 181 Å². The zero-order valence-electron chi connectivity index (χ0n) is 18.8. The number of nitrogens with zero attached hydrogens (tertiary/aromatic N) is 2. The Balaban J connectivity index is 1.77.